The quantitative estimate of drug-likeness (QED) is 0.0535. The average molecular weight is 696 g/mol. The van der Waals surface area contributed by atoms with E-state index in [1.165, 1.54) is 43.2 Å². The first-order valence-electron chi connectivity index (χ1n) is 15.8. The number of aromatic nitrogens is 1. The normalized spacial score (nSPS) is 12.8. The van der Waals surface area contributed by atoms with Gasteiger partial charge in [0, 0.05) is 29.0 Å². The molecule has 15 heteroatoms. The van der Waals surface area contributed by atoms with Gasteiger partial charge in [-0.3, -0.25) is 14.9 Å². The number of hydrogen-bond acceptors (Lipinski definition) is 12. The Hall–Kier alpha value is -5.57. The molecule has 2 N–H and O–H groups in total. The summed E-state index contributed by atoms with van der Waals surface area (Å²) in [6.07, 6.45) is 4.83. The fourth-order valence-corrected chi connectivity index (χ4v) is 4.96. The number of amides is 2. The van der Waals surface area contributed by atoms with E-state index in [0.717, 1.165) is 37.9 Å². The number of rotatable bonds is 16. The van der Waals surface area contributed by atoms with E-state index < -0.39 is 16.9 Å². The highest BCUT2D eigenvalue weighted by molar-refractivity contribution is 5.86. The molecule has 1 aliphatic rings. The van der Waals surface area contributed by atoms with Gasteiger partial charge in [0.2, 0.25) is 0 Å². The maximum Gasteiger partial charge on any atom is 0.404 e. The van der Waals surface area contributed by atoms with Gasteiger partial charge in [0.15, 0.2) is 17.3 Å². The predicted octanol–water partition coefficient (Wildman–Crippen LogP) is 6.91. The van der Waals surface area contributed by atoms with Gasteiger partial charge in [-0.2, -0.15) is 0 Å². The highest BCUT2D eigenvalue weighted by atomic mass is 16.6. The summed E-state index contributed by atoms with van der Waals surface area (Å²) >= 11 is 0. The zero-order chi connectivity index (χ0) is 37.1. The van der Waals surface area contributed by atoms with Gasteiger partial charge in [0.05, 0.1) is 55.5 Å². The second-order valence-corrected chi connectivity index (χ2v) is 10.9. The van der Waals surface area contributed by atoms with E-state index >= 15 is 0 Å². The van der Waals surface area contributed by atoms with Gasteiger partial charge in [0.25, 0.3) is 11.6 Å². The number of nitro benzene ring substituents is 1. The van der Waals surface area contributed by atoms with Crippen molar-refractivity contribution in [1.29, 1.82) is 0 Å². The topological polar surface area (TPSA) is 199 Å². The summed E-state index contributed by atoms with van der Waals surface area (Å²) in [5.74, 6) is 0.421. The second kappa shape index (κ2) is 21.4. The Morgan fingerprint density at radius 3 is 2.44 bits per heavy atom. The number of nitrogens with two attached hydrogens (primary N) is 1. The zero-order valence-electron chi connectivity index (χ0n) is 28.9. The third-order valence-corrected chi connectivity index (χ3v) is 7.43. The number of methoxy groups -OCH3 is 2. The van der Waals surface area contributed by atoms with Crippen molar-refractivity contribution in [1.82, 2.24) is 5.16 Å². The maximum absolute atomic E-state index is 10.9. The Balaban J connectivity index is 0.000000354. The maximum atomic E-state index is 10.9. The number of nitrogens with zero attached hydrogens (tertiary/aromatic N) is 4. The molecule has 0 aliphatic carbocycles. The first kappa shape index (κ1) is 40.6. The second-order valence-electron chi connectivity index (χ2n) is 10.9. The molecule has 1 atom stereocenters. The van der Waals surface area contributed by atoms with Gasteiger partial charge in [-0.05, 0) is 50.8 Å². The Kier molecular flexibility index (Phi) is 17.4. The summed E-state index contributed by atoms with van der Waals surface area (Å²) in [4.78, 5) is 44.0. The van der Waals surface area contributed by atoms with Crippen LogP contribution in [0.2, 0.25) is 0 Å². The molecule has 0 bridgehead atoms. The summed E-state index contributed by atoms with van der Waals surface area (Å²) in [5.41, 5.74) is 9.39. The fourth-order valence-electron chi connectivity index (χ4n) is 4.96. The van der Waals surface area contributed by atoms with Gasteiger partial charge < -0.3 is 34.1 Å². The molecular weight excluding hydrogens is 650 g/mol. The number of anilines is 1. The molecule has 1 aliphatic heterocycles. The lowest BCUT2D eigenvalue weighted by Gasteiger charge is -2.25. The van der Waals surface area contributed by atoms with Crippen LogP contribution >= 0.6 is 0 Å². The Morgan fingerprint density at radius 2 is 1.80 bits per heavy atom. The number of unbranched alkanes of at least 4 members (excludes halogenated alkanes) is 2. The smallest absolute Gasteiger partial charge is 0.404 e. The molecule has 15 nitrogen and oxygen atoms in total. The number of nitroso groups, excluding NO2 is 1. The van der Waals surface area contributed by atoms with Crippen LogP contribution in [-0.4, -0.2) is 55.5 Å². The molecule has 4 rings (SSSR count). The number of benzene rings is 2. The van der Waals surface area contributed by atoms with Crippen molar-refractivity contribution in [3.8, 4) is 11.5 Å². The van der Waals surface area contributed by atoms with E-state index in [0.29, 0.717) is 17.6 Å². The number of aryl methyl sites for hydroxylation is 1. The van der Waals surface area contributed by atoms with Gasteiger partial charge in [-0.25, -0.2) is 4.79 Å². The lowest BCUT2D eigenvalue weighted by Crippen LogP contribution is -2.29. The number of carbonyl (C=O) groups excluding carboxylic acids is 2. The molecule has 2 amide bonds. The number of allylic oxidation sites excluding steroid dienone is 1. The molecule has 0 spiro atoms. The van der Waals surface area contributed by atoms with Crippen LogP contribution in [-0.2, 0) is 33.9 Å². The Morgan fingerprint density at radius 1 is 1.12 bits per heavy atom. The van der Waals surface area contributed by atoms with Crippen molar-refractivity contribution in [2.24, 2.45) is 10.9 Å². The standard InChI is InChI=1S/C22H27N3O4.C10H12N2O6.C3H6/c1-16-17(2)25(21-10-6-5-9-20(16)21)12-7-3-4-8-18-14-19(29-24-18)15-28-13-11-22(26)23-27;1-16-8-3-6(5-18-10(11)13)7(12(14)15)4-9(8)17-2;1-3-2/h5-6,9-10,14,17H,1,3-4,7-8,11-13,15H2,2H3;3-4H,5H2,1-2H3,(H2,11,13);3H,1H2,2H3. The first-order chi connectivity index (χ1) is 24.0. The molecule has 0 fully saturated rings. The highest BCUT2D eigenvalue weighted by Crippen LogP contribution is 2.39. The molecule has 1 aromatic heterocycles. The number of carbonyl (C=O) groups is 2. The van der Waals surface area contributed by atoms with Crippen LogP contribution in [0.1, 0.15) is 62.1 Å². The minimum absolute atomic E-state index is 0.0159. The molecule has 50 heavy (non-hydrogen) atoms. The Bertz CT molecular complexity index is 1610. The van der Waals surface area contributed by atoms with Crippen molar-refractivity contribution in [2.75, 3.05) is 32.3 Å². The number of hydrogen-bond donors (Lipinski definition) is 1. The zero-order valence-corrected chi connectivity index (χ0v) is 28.9. The molecule has 270 valence electrons. The number of fused-ring (bicyclic) bond motifs is 1. The summed E-state index contributed by atoms with van der Waals surface area (Å²) in [6.45, 7) is 12.8. The SMILES string of the molecule is C=C1c2ccccc2N(CCCCCc2cc(COCCC(=O)N=O)on2)C1C.C=CC.COc1cc(COC(N)=O)c([N+](=O)[O-])cc1OC. The van der Waals surface area contributed by atoms with Crippen molar-refractivity contribution >= 4 is 28.9 Å². The fraction of sp³-hybridized carbons (Fsp3) is 0.400. The van der Waals surface area contributed by atoms with E-state index in [1.54, 1.807) is 6.08 Å². The van der Waals surface area contributed by atoms with Crippen molar-refractivity contribution in [3.05, 3.63) is 99.3 Å². The number of para-hydroxylation sites is 1. The van der Waals surface area contributed by atoms with Crippen molar-refractivity contribution < 1.29 is 38.0 Å². The third-order valence-electron chi connectivity index (χ3n) is 7.43. The Labute approximate surface area is 291 Å². The predicted molar refractivity (Wildman–Crippen MR) is 188 cm³/mol. The third kappa shape index (κ3) is 12.5. The van der Waals surface area contributed by atoms with Crippen LogP contribution in [0.15, 0.2) is 71.4 Å². The van der Waals surface area contributed by atoms with E-state index in [9.17, 15) is 24.6 Å². The number of primary amides is 1. The monoisotopic (exact) mass is 695 g/mol. The van der Waals surface area contributed by atoms with Crippen LogP contribution in [0.25, 0.3) is 5.57 Å². The molecule has 1 unspecified atom stereocenters. The van der Waals surface area contributed by atoms with Gasteiger partial charge in [-0.1, -0.05) is 42.4 Å². The van der Waals surface area contributed by atoms with Crippen molar-refractivity contribution in [3.63, 3.8) is 0 Å². The lowest BCUT2D eigenvalue weighted by atomic mass is 10.1. The summed E-state index contributed by atoms with van der Waals surface area (Å²) in [6, 6.07) is 13.3. The van der Waals surface area contributed by atoms with Crippen molar-refractivity contribution in [2.45, 2.75) is 65.2 Å². The van der Waals surface area contributed by atoms with E-state index in [2.05, 4.69) is 64.3 Å². The van der Waals surface area contributed by atoms with E-state index in [4.69, 9.17) is 24.5 Å². The lowest BCUT2D eigenvalue weighted by molar-refractivity contribution is -0.385. The van der Waals surface area contributed by atoms with E-state index in [-0.39, 0.29) is 43.2 Å². The van der Waals surface area contributed by atoms with Gasteiger partial charge in [0.1, 0.15) is 13.2 Å². The largest absolute Gasteiger partial charge is 0.493 e. The minimum Gasteiger partial charge on any atom is -0.493 e. The van der Waals surface area contributed by atoms with Gasteiger partial charge in [-0.15, -0.1) is 11.5 Å². The molecule has 0 radical (unpaired) electrons. The molecule has 2 heterocycles. The van der Waals surface area contributed by atoms with Gasteiger partial charge >= 0.3 is 6.09 Å². The van der Waals surface area contributed by atoms with Crippen LogP contribution in [0, 0.1) is 15.0 Å². The molecule has 3 aromatic rings. The van der Waals surface area contributed by atoms with E-state index in [1.807, 2.05) is 13.0 Å². The van der Waals surface area contributed by atoms with Crippen LogP contribution in [0.5, 0.6) is 11.5 Å². The highest BCUT2D eigenvalue weighted by Gasteiger charge is 2.28. The average Bonchev–Trinajstić information content (AvgIpc) is 3.66. The summed E-state index contributed by atoms with van der Waals surface area (Å²) < 4.78 is 25.0. The van der Waals surface area contributed by atoms with Crippen LogP contribution in [0.4, 0.5) is 16.2 Å². The minimum atomic E-state index is -1.01. The number of ether oxygens (including phenoxy) is 4. The first-order valence-corrected chi connectivity index (χ1v) is 15.8. The number of nitro groups is 1. The molecule has 0 saturated carbocycles. The summed E-state index contributed by atoms with van der Waals surface area (Å²) in [7, 11) is 2.75. The molecule has 0 saturated heterocycles. The summed E-state index contributed by atoms with van der Waals surface area (Å²) in [5, 5.41) is 17.3. The van der Waals surface area contributed by atoms with Crippen LogP contribution < -0.4 is 20.1 Å². The molecule has 2 aromatic carbocycles. The van der Waals surface area contributed by atoms with Crippen LogP contribution in [0.3, 0.4) is 0 Å². The molecular formula is C35H45N5O10.